The number of hydrogen-bond donors (Lipinski definition) is 2. The third-order valence-corrected chi connectivity index (χ3v) is 4.23. The van der Waals surface area contributed by atoms with Gasteiger partial charge in [-0.2, -0.15) is 0 Å². The molecule has 0 spiro atoms. The van der Waals surface area contributed by atoms with Crippen molar-refractivity contribution in [2.45, 2.75) is 6.92 Å². The first-order valence-electron chi connectivity index (χ1n) is 7.28. The van der Waals surface area contributed by atoms with Crippen molar-refractivity contribution >= 4 is 33.8 Å². The molecular formula is C17H16N4O2S. The quantitative estimate of drug-likeness (QED) is 0.765. The summed E-state index contributed by atoms with van der Waals surface area (Å²) in [5.41, 5.74) is 2.52. The first-order chi connectivity index (χ1) is 11.5. The van der Waals surface area contributed by atoms with Gasteiger partial charge in [0.2, 0.25) is 0 Å². The summed E-state index contributed by atoms with van der Waals surface area (Å²) in [6, 6.07) is 10.3. The van der Waals surface area contributed by atoms with Crippen LogP contribution in [0, 0.1) is 6.92 Å². The minimum absolute atomic E-state index is 0.225. The number of amides is 1. The van der Waals surface area contributed by atoms with E-state index in [1.807, 2.05) is 30.5 Å². The zero-order valence-corrected chi connectivity index (χ0v) is 14.1. The van der Waals surface area contributed by atoms with Gasteiger partial charge in [0.1, 0.15) is 0 Å². The maximum Gasteiger partial charge on any atom is 0.255 e. The van der Waals surface area contributed by atoms with Gasteiger partial charge in [-0.25, -0.2) is 4.98 Å². The van der Waals surface area contributed by atoms with Gasteiger partial charge in [0.25, 0.3) is 11.5 Å². The van der Waals surface area contributed by atoms with Crippen LogP contribution in [0.25, 0.3) is 0 Å². The van der Waals surface area contributed by atoms with Gasteiger partial charge in [0.15, 0.2) is 5.13 Å². The highest BCUT2D eigenvalue weighted by molar-refractivity contribution is 7.13. The van der Waals surface area contributed by atoms with Crippen molar-refractivity contribution in [2.75, 3.05) is 10.6 Å². The average molecular weight is 340 g/mol. The highest BCUT2D eigenvalue weighted by Gasteiger charge is 2.08. The molecule has 0 saturated heterocycles. The summed E-state index contributed by atoms with van der Waals surface area (Å²) < 4.78 is 1.41. The second-order valence-corrected chi connectivity index (χ2v) is 6.18. The van der Waals surface area contributed by atoms with Gasteiger partial charge >= 0.3 is 0 Å². The van der Waals surface area contributed by atoms with Crippen LogP contribution in [0.5, 0.6) is 0 Å². The standard InChI is InChI=1S/C17H16N4O2S/c1-11-10-24-17(18-11)20-14-5-3-4-13(9-14)19-16(23)12-6-7-21(2)15(22)8-12/h3-10H,1-2H3,(H,18,20)(H,19,23). The Kier molecular flexibility index (Phi) is 4.43. The maximum absolute atomic E-state index is 12.3. The Balaban J connectivity index is 1.75. The summed E-state index contributed by atoms with van der Waals surface area (Å²) in [5, 5.41) is 8.75. The van der Waals surface area contributed by atoms with Gasteiger partial charge in [-0.3, -0.25) is 9.59 Å². The van der Waals surface area contributed by atoms with Crippen LogP contribution in [-0.2, 0) is 7.05 Å². The van der Waals surface area contributed by atoms with E-state index in [1.165, 1.54) is 22.0 Å². The minimum atomic E-state index is -0.324. The Bertz CT molecular complexity index is 946. The molecule has 7 heteroatoms. The fourth-order valence-electron chi connectivity index (χ4n) is 2.10. The van der Waals surface area contributed by atoms with Crippen LogP contribution in [-0.4, -0.2) is 15.5 Å². The number of hydrogen-bond acceptors (Lipinski definition) is 5. The summed E-state index contributed by atoms with van der Waals surface area (Å²) in [5.74, 6) is -0.324. The van der Waals surface area contributed by atoms with Crippen LogP contribution in [0.3, 0.4) is 0 Å². The number of thiazole rings is 1. The number of aryl methyl sites for hydroxylation is 2. The van der Waals surface area contributed by atoms with E-state index < -0.39 is 0 Å². The second kappa shape index (κ2) is 6.67. The van der Waals surface area contributed by atoms with Gasteiger partial charge in [-0.15, -0.1) is 11.3 Å². The van der Waals surface area contributed by atoms with E-state index in [-0.39, 0.29) is 11.5 Å². The average Bonchev–Trinajstić information content (AvgIpc) is 2.95. The Morgan fingerprint density at radius 3 is 2.71 bits per heavy atom. The summed E-state index contributed by atoms with van der Waals surface area (Å²) in [6.45, 7) is 1.93. The molecule has 0 aliphatic heterocycles. The molecule has 6 nitrogen and oxygen atoms in total. The fourth-order valence-corrected chi connectivity index (χ4v) is 2.81. The zero-order valence-electron chi connectivity index (χ0n) is 13.2. The molecule has 0 unspecified atom stereocenters. The topological polar surface area (TPSA) is 76.0 Å². The first kappa shape index (κ1) is 15.9. The molecule has 0 radical (unpaired) electrons. The Labute approximate surface area is 142 Å². The summed E-state index contributed by atoms with van der Waals surface area (Å²) >= 11 is 1.52. The smallest absolute Gasteiger partial charge is 0.255 e. The van der Waals surface area contributed by atoms with Gasteiger partial charge in [-0.1, -0.05) is 6.07 Å². The normalized spacial score (nSPS) is 10.4. The van der Waals surface area contributed by atoms with Crippen LogP contribution < -0.4 is 16.2 Å². The maximum atomic E-state index is 12.3. The van der Waals surface area contributed by atoms with Crippen LogP contribution in [0.4, 0.5) is 16.5 Å². The van der Waals surface area contributed by atoms with Crippen molar-refractivity contribution in [3.05, 3.63) is 69.6 Å². The molecule has 2 aromatic heterocycles. The van der Waals surface area contributed by atoms with Crippen LogP contribution in [0.15, 0.2) is 52.8 Å². The summed E-state index contributed by atoms with van der Waals surface area (Å²) in [6.07, 6.45) is 1.57. The van der Waals surface area contributed by atoms with Crippen LogP contribution in [0.2, 0.25) is 0 Å². The van der Waals surface area contributed by atoms with E-state index in [2.05, 4.69) is 15.6 Å². The number of aromatic nitrogens is 2. The molecule has 24 heavy (non-hydrogen) atoms. The van der Waals surface area contributed by atoms with Crippen LogP contribution >= 0.6 is 11.3 Å². The number of carbonyl (C=O) groups is 1. The minimum Gasteiger partial charge on any atom is -0.331 e. The number of pyridine rings is 1. The lowest BCUT2D eigenvalue weighted by Gasteiger charge is -2.08. The van der Waals surface area contributed by atoms with Crippen molar-refractivity contribution in [3.8, 4) is 0 Å². The van der Waals surface area contributed by atoms with Crippen molar-refractivity contribution in [3.63, 3.8) is 0 Å². The molecule has 1 aromatic carbocycles. The fraction of sp³-hybridized carbons (Fsp3) is 0.118. The number of carbonyl (C=O) groups excluding carboxylic acids is 1. The van der Waals surface area contributed by atoms with E-state index >= 15 is 0 Å². The van der Waals surface area contributed by atoms with Gasteiger partial charge in [0, 0.05) is 41.6 Å². The largest absolute Gasteiger partial charge is 0.331 e. The van der Waals surface area contributed by atoms with Gasteiger partial charge in [0.05, 0.1) is 5.69 Å². The Morgan fingerprint density at radius 2 is 2.00 bits per heavy atom. The molecule has 0 aliphatic carbocycles. The summed E-state index contributed by atoms with van der Waals surface area (Å²) in [4.78, 5) is 28.2. The van der Waals surface area contributed by atoms with E-state index in [0.29, 0.717) is 11.3 Å². The lowest BCUT2D eigenvalue weighted by atomic mass is 10.2. The van der Waals surface area contributed by atoms with Crippen molar-refractivity contribution in [1.29, 1.82) is 0 Å². The van der Waals surface area contributed by atoms with Crippen molar-refractivity contribution in [2.24, 2.45) is 7.05 Å². The van der Waals surface area contributed by atoms with E-state index in [9.17, 15) is 9.59 Å². The SMILES string of the molecule is Cc1csc(Nc2cccc(NC(=O)c3ccn(C)c(=O)c3)c2)n1. The Hall–Kier alpha value is -2.93. The highest BCUT2D eigenvalue weighted by atomic mass is 32.1. The molecule has 0 aliphatic rings. The predicted molar refractivity (Wildman–Crippen MR) is 96.2 cm³/mol. The monoisotopic (exact) mass is 340 g/mol. The second-order valence-electron chi connectivity index (χ2n) is 5.32. The van der Waals surface area contributed by atoms with Gasteiger partial charge in [-0.05, 0) is 31.2 Å². The molecule has 2 heterocycles. The third-order valence-electron chi connectivity index (χ3n) is 3.36. The molecule has 3 aromatic rings. The molecule has 122 valence electrons. The lowest BCUT2D eigenvalue weighted by Crippen LogP contribution is -2.19. The predicted octanol–water partition coefficient (Wildman–Crippen LogP) is 3.15. The van der Waals surface area contributed by atoms with E-state index in [4.69, 9.17) is 0 Å². The summed E-state index contributed by atoms with van der Waals surface area (Å²) in [7, 11) is 1.64. The number of nitrogens with zero attached hydrogens (tertiary/aromatic N) is 2. The molecule has 2 N–H and O–H groups in total. The van der Waals surface area contributed by atoms with Gasteiger partial charge < -0.3 is 15.2 Å². The molecular weight excluding hydrogens is 324 g/mol. The zero-order chi connectivity index (χ0) is 17.1. The highest BCUT2D eigenvalue weighted by Crippen LogP contribution is 2.23. The molecule has 3 rings (SSSR count). The number of benzene rings is 1. The van der Waals surface area contributed by atoms with Crippen molar-refractivity contribution < 1.29 is 4.79 Å². The van der Waals surface area contributed by atoms with E-state index in [0.717, 1.165) is 16.5 Å². The van der Waals surface area contributed by atoms with Crippen LogP contribution in [0.1, 0.15) is 16.1 Å². The lowest BCUT2D eigenvalue weighted by molar-refractivity contribution is 0.102. The molecule has 0 bridgehead atoms. The molecule has 0 saturated carbocycles. The number of anilines is 3. The van der Waals surface area contributed by atoms with Crippen molar-refractivity contribution in [1.82, 2.24) is 9.55 Å². The molecule has 0 atom stereocenters. The molecule has 1 amide bonds. The number of rotatable bonds is 4. The van der Waals surface area contributed by atoms with E-state index in [1.54, 1.807) is 25.4 Å². The first-order valence-corrected chi connectivity index (χ1v) is 8.16. The number of nitrogens with one attached hydrogen (secondary N) is 2. The molecule has 0 fully saturated rings. The third kappa shape index (κ3) is 3.69. The Morgan fingerprint density at radius 1 is 1.21 bits per heavy atom.